The Hall–Kier alpha value is -2.03. The van der Waals surface area contributed by atoms with Crippen LogP contribution in [0.3, 0.4) is 0 Å². The fraction of sp³-hybridized carbons (Fsp3) is 0.167. The van der Waals surface area contributed by atoms with Gasteiger partial charge in [-0.25, -0.2) is 4.98 Å². The van der Waals surface area contributed by atoms with E-state index in [-0.39, 0.29) is 18.2 Å². The maximum Gasteiger partial charge on any atom is 0.231 e. The summed E-state index contributed by atoms with van der Waals surface area (Å²) in [5.41, 5.74) is 2.39. The zero-order valence-corrected chi connectivity index (χ0v) is 17.1. The summed E-state index contributed by atoms with van der Waals surface area (Å²) in [6.45, 7) is 1.93. The molecule has 2 amide bonds. The van der Waals surface area contributed by atoms with Crippen LogP contribution in [0.5, 0.6) is 0 Å². The molecule has 3 rings (SSSR count). The average Bonchev–Trinajstić information content (AvgIpc) is 3.22. The third-order valence-corrected chi connectivity index (χ3v) is 5.69. The smallest absolute Gasteiger partial charge is 0.231 e. The predicted octanol–water partition coefficient (Wildman–Crippen LogP) is 4.64. The molecule has 26 heavy (non-hydrogen) atoms. The van der Waals surface area contributed by atoms with Gasteiger partial charge in [0.2, 0.25) is 11.8 Å². The van der Waals surface area contributed by atoms with Crippen molar-refractivity contribution in [3.05, 3.63) is 61.7 Å². The molecule has 0 aliphatic heterocycles. The standard InChI is InChI=1S/C18H16BrN3O2S2/c1-11-7-12(19)4-5-15(11)21-16(23)8-13-10-26-18(20-13)22-17(24)9-14-3-2-6-25-14/h2-7,10H,8-9H2,1H3,(H,21,23)(H,20,22,24). The molecular weight excluding hydrogens is 434 g/mol. The third-order valence-electron chi connectivity index (χ3n) is 3.52. The lowest BCUT2D eigenvalue weighted by atomic mass is 10.2. The van der Waals surface area contributed by atoms with E-state index in [0.717, 1.165) is 20.6 Å². The number of aryl methyl sites for hydroxylation is 1. The van der Waals surface area contributed by atoms with Gasteiger partial charge >= 0.3 is 0 Å². The highest BCUT2D eigenvalue weighted by Gasteiger charge is 2.12. The number of anilines is 2. The zero-order valence-electron chi connectivity index (χ0n) is 13.9. The fourth-order valence-electron chi connectivity index (χ4n) is 2.31. The van der Waals surface area contributed by atoms with Gasteiger partial charge in [-0.1, -0.05) is 22.0 Å². The molecule has 1 aromatic carbocycles. The molecule has 5 nitrogen and oxygen atoms in total. The molecule has 0 bridgehead atoms. The minimum absolute atomic E-state index is 0.108. The van der Waals surface area contributed by atoms with Gasteiger partial charge in [0.1, 0.15) is 0 Å². The van der Waals surface area contributed by atoms with Crippen LogP contribution in [-0.4, -0.2) is 16.8 Å². The molecule has 3 aromatic rings. The monoisotopic (exact) mass is 449 g/mol. The maximum absolute atomic E-state index is 12.2. The van der Waals surface area contributed by atoms with Crippen molar-refractivity contribution in [2.45, 2.75) is 19.8 Å². The van der Waals surface area contributed by atoms with Gasteiger partial charge in [-0.15, -0.1) is 22.7 Å². The van der Waals surface area contributed by atoms with Crippen molar-refractivity contribution in [3.63, 3.8) is 0 Å². The molecule has 0 saturated heterocycles. The summed E-state index contributed by atoms with van der Waals surface area (Å²) in [5.74, 6) is -0.250. The second kappa shape index (κ2) is 8.57. The second-order valence-corrected chi connectivity index (χ2v) is 8.44. The molecule has 8 heteroatoms. The summed E-state index contributed by atoms with van der Waals surface area (Å²) in [7, 11) is 0. The summed E-state index contributed by atoms with van der Waals surface area (Å²) in [5, 5.41) is 9.90. The highest BCUT2D eigenvalue weighted by Crippen LogP contribution is 2.21. The number of hydrogen-bond donors (Lipinski definition) is 2. The van der Waals surface area contributed by atoms with E-state index in [2.05, 4.69) is 31.5 Å². The van der Waals surface area contributed by atoms with Crippen LogP contribution < -0.4 is 10.6 Å². The molecule has 2 heterocycles. The molecule has 2 aromatic heterocycles. The van der Waals surface area contributed by atoms with Crippen LogP contribution in [0.2, 0.25) is 0 Å². The summed E-state index contributed by atoms with van der Waals surface area (Å²) < 4.78 is 0.968. The number of carbonyl (C=O) groups excluding carboxylic acids is 2. The number of carbonyl (C=O) groups is 2. The number of amides is 2. The first-order chi connectivity index (χ1) is 12.5. The Morgan fingerprint density at radius 2 is 1.92 bits per heavy atom. The lowest BCUT2D eigenvalue weighted by molar-refractivity contribution is -0.116. The van der Waals surface area contributed by atoms with Gasteiger partial charge in [0.05, 0.1) is 18.5 Å². The number of thiazole rings is 1. The quantitative estimate of drug-likeness (QED) is 0.575. The Morgan fingerprint density at radius 1 is 1.12 bits per heavy atom. The summed E-state index contributed by atoms with van der Waals surface area (Å²) in [6, 6.07) is 9.52. The molecular formula is C18H16BrN3O2S2. The molecule has 0 spiro atoms. The van der Waals surface area contributed by atoms with E-state index in [0.29, 0.717) is 17.2 Å². The van der Waals surface area contributed by atoms with Crippen molar-refractivity contribution >= 4 is 61.2 Å². The Kier molecular flexibility index (Phi) is 6.18. The SMILES string of the molecule is Cc1cc(Br)ccc1NC(=O)Cc1csc(NC(=O)Cc2cccs2)n1. The third kappa shape index (κ3) is 5.23. The Morgan fingerprint density at radius 3 is 2.65 bits per heavy atom. The first-order valence-electron chi connectivity index (χ1n) is 7.82. The summed E-state index contributed by atoms with van der Waals surface area (Å²) in [4.78, 5) is 29.5. The van der Waals surface area contributed by atoms with Gasteiger partial charge < -0.3 is 10.6 Å². The van der Waals surface area contributed by atoms with E-state index in [1.165, 1.54) is 11.3 Å². The van der Waals surface area contributed by atoms with Gasteiger partial charge in [0, 0.05) is 20.4 Å². The van der Waals surface area contributed by atoms with E-state index >= 15 is 0 Å². The number of nitrogens with one attached hydrogen (secondary N) is 2. The predicted molar refractivity (Wildman–Crippen MR) is 110 cm³/mol. The minimum atomic E-state index is -0.141. The van der Waals surface area contributed by atoms with Crippen LogP contribution in [-0.2, 0) is 22.4 Å². The van der Waals surface area contributed by atoms with E-state index in [1.54, 1.807) is 16.7 Å². The van der Waals surface area contributed by atoms with Crippen LogP contribution in [0.1, 0.15) is 16.1 Å². The van der Waals surface area contributed by atoms with Crippen LogP contribution in [0, 0.1) is 6.92 Å². The highest BCUT2D eigenvalue weighted by atomic mass is 79.9. The van der Waals surface area contributed by atoms with Gasteiger partial charge in [0.15, 0.2) is 5.13 Å². The van der Waals surface area contributed by atoms with Gasteiger partial charge in [-0.3, -0.25) is 9.59 Å². The maximum atomic E-state index is 12.2. The molecule has 0 unspecified atom stereocenters. The van der Waals surface area contributed by atoms with Gasteiger partial charge in [0.25, 0.3) is 0 Å². The van der Waals surface area contributed by atoms with E-state index in [1.807, 2.05) is 42.6 Å². The first-order valence-corrected chi connectivity index (χ1v) is 10.4. The second-order valence-electron chi connectivity index (χ2n) is 5.63. The number of thiophene rings is 1. The largest absolute Gasteiger partial charge is 0.326 e. The molecule has 0 fully saturated rings. The Labute approximate surface area is 167 Å². The van der Waals surface area contributed by atoms with Crippen LogP contribution >= 0.6 is 38.6 Å². The van der Waals surface area contributed by atoms with Gasteiger partial charge in [-0.05, 0) is 42.1 Å². The average molecular weight is 450 g/mol. The number of aromatic nitrogens is 1. The molecule has 0 aliphatic rings. The van der Waals surface area contributed by atoms with Crippen LogP contribution in [0.15, 0.2) is 45.6 Å². The summed E-state index contributed by atoms with van der Waals surface area (Å²) in [6.07, 6.45) is 0.489. The highest BCUT2D eigenvalue weighted by molar-refractivity contribution is 9.10. The number of benzene rings is 1. The zero-order chi connectivity index (χ0) is 18.5. The van der Waals surface area contributed by atoms with E-state index < -0.39 is 0 Å². The topological polar surface area (TPSA) is 71.1 Å². The minimum Gasteiger partial charge on any atom is -0.326 e. The summed E-state index contributed by atoms with van der Waals surface area (Å²) >= 11 is 6.26. The lowest BCUT2D eigenvalue weighted by Gasteiger charge is -2.08. The van der Waals surface area contributed by atoms with Crippen LogP contribution in [0.4, 0.5) is 10.8 Å². The number of halogens is 1. The Bertz CT molecular complexity index is 922. The molecule has 2 N–H and O–H groups in total. The fourth-order valence-corrected chi connectivity index (χ4v) is 4.21. The van der Waals surface area contributed by atoms with Crippen molar-refractivity contribution in [1.29, 1.82) is 0 Å². The van der Waals surface area contributed by atoms with Crippen molar-refractivity contribution < 1.29 is 9.59 Å². The molecule has 0 aliphatic carbocycles. The number of rotatable bonds is 6. The van der Waals surface area contributed by atoms with E-state index in [9.17, 15) is 9.59 Å². The van der Waals surface area contributed by atoms with Crippen molar-refractivity contribution in [1.82, 2.24) is 4.98 Å². The Balaban J connectivity index is 1.54. The normalized spacial score (nSPS) is 10.5. The van der Waals surface area contributed by atoms with Crippen molar-refractivity contribution in [3.8, 4) is 0 Å². The first kappa shape index (κ1) is 18.8. The molecule has 0 saturated carbocycles. The molecule has 134 valence electrons. The van der Waals surface area contributed by atoms with E-state index in [4.69, 9.17) is 0 Å². The number of hydrogen-bond acceptors (Lipinski definition) is 5. The van der Waals surface area contributed by atoms with Gasteiger partial charge in [-0.2, -0.15) is 0 Å². The molecule has 0 radical (unpaired) electrons. The van der Waals surface area contributed by atoms with Crippen LogP contribution in [0.25, 0.3) is 0 Å². The van der Waals surface area contributed by atoms with Crippen molar-refractivity contribution in [2.75, 3.05) is 10.6 Å². The van der Waals surface area contributed by atoms with Crippen molar-refractivity contribution in [2.24, 2.45) is 0 Å². The molecule has 0 atom stereocenters. The number of nitrogens with zero attached hydrogens (tertiary/aromatic N) is 1. The lowest BCUT2D eigenvalue weighted by Crippen LogP contribution is -2.16.